The molecule has 1 aliphatic rings. The van der Waals surface area contributed by atoms with E-state index in [1.54, 1.807) is 6.07 Å². The topological polar surface area (TPSA) is 92.8 Å². The molecule has 3 rings (SSSR count). The van der Waals surface area contributed by atoms with Crippen molar-refractivity contribution in [2.45, 2.75) is 13.2 Å². The van der Waals surface area contributed by atoms with Gasteiger partial charge in [0.25, 0.3) is 0 Å². The zero-order chi connectivity index (χ0) is 12.7. The minimum absolute atomic E-state index is 0.0207. The van der Waals surface area contributed by atoms with Gasteiger partial charge in [-0.3, -0.25) is 0 Å². The summed E-state index contributed by atoms with van der Waals surface area (Å²) in [6.45, 7) is 0.838. The molecule has 0 spiro atoms. The Hall–Kier alpha value is -2.34. The lowest BCUT2D eigenvalue weighted by molar-refractivity contribution is 0.0686. The van der Waals surface area contributed by atoms with Gasteiger partial charge in [-0.1, -0.05) is 11.2 Å². The number of ether oxygens (including phenoxy) is 1. The Morgan fingerprint density at radius 1 is 1.33 bits per heavy atom. The fraction of sp³-hybridized carbons (Fsp3) is 0.167. The van der Waals surface area contributed by atoms with Crippen LogP contribution in [0.3, 0.4) is 0 Å². The number of carbonyl (C=O) groups is 1. The fourth-order valence-corrected chi connectivity index (χ4v) is 2.01. The molecule has 1 aromatic carbocycles. The second-order valence-corrected chi connectivity index (χ2v) is 3.97. The van der Waals surface area contributed by atoms with Gasteiger partial charge in [0, 0.05) is 6.07 Å². The van der Waals surface area contributed by atoms with Crippen molar-refractivity contribution in [3.63, 3.8) is 0 Å². The first kappa shape index (κ1) is 10.8. The zero-order valence-electron chi connectivity index (χ0n) is 9.21. The molecule has 0 fully saturated rings. The molecular weight excluding hydrogens is 238 g/mol. The summed E-state index contributed by atoms with van der Waals surface area (Å²) < 4.78 is 10.3. The van der Waals surface area contributed by atoms with Crippen LogP contribution in [-0.2, 0) is 18.0 Å². The van der Waals surface area contributed by atoms with Crippen molar-refractivity contribution in [3.8, 4) is 17.1 Å². The summed E-state index contributed by atoms with van der Waals surface area (Å²) in [5.74, 6) is -0.923. The Morgan fingerprint density at radius 3 is 2.89 bits per heavy atom. The monoisotopic (exact) mass is 247 g/mol. The van der Waals surface area contributed by atoms with Gasteiger partial charge in [0.05, 0.1) is 18.8 Å². The Kier molecular flexibility index (Phi) is 2.31. The summed E-state index contributed by atoms with van der Waals surface area (Å²) in [6, 6.07) is 4.59. The summed E-state index contributed by atoms with van der Waals surface area (Å²) in [6.07, 6.45) is 0. The highest BCUT2D eigenvalue weighted by Gasteiger charge is 2.23. The van der Waals surface area contributed by atoms with Crippen LogP contribution in [0.5, 0.6) is 5.75 Å². The Morgan fingerprint density at radius 2 is 2.17 bits per heavy atom. The van der Waals surface area contributed by atoms with Crippen LogP contribution in [0.1, 0.15) is 21.6 Å². The minimum Gasteiger partial charge on any atom is -0.507 e. The number of phenols is 1. The smallest absolute Gasteiger partial charge is 0.358 e. The highest BCUT2D eigenvalue weighted by Crippen LogP contribution is 2.38. The van der Waals surface area contributed by atoms with Gasteiger partial charge in [-0.2, -0.15) is 0 Å². The number of rotatable bonds is 2. The third-order valence-electron chi connectivity index (χ3n) is 2.87. The first-order valence-electron chi connectivity index (χ1n) is 5.28. The van der Waals surface area contributed by atoms with Crippen LogP contribution in [0, 0.1) is 0 Å². The normalized spacial score (nSPS) is 13.6. The predicted molar refractivity (Wildman–Crippen MR) is 59.1 cm³/mol. The molecule has 0 saturated carbocycles. The molecule has 0 bridgehead atoms. The van der Waals surface area contributed by atoms with Crippen molar-refractivity contribution in [2.24, 2.45) is 0 Å². The van der Waals surface area contributed by atoms with Crippen molar-refractivity contribution in [1.82, 2.24) is 5.16 Å². The average Bonchev–Trinajstić information content (AvgIpc) is 2.95. The SMILES string of the molecule is O=C(O)c1cc(-c2c(O)ccc3c2COC3)on1. The number of carboxylic acid groups (broad SMARTS) is 1. The highest BCUT2D eigenvalue weighted by atomic mass is 16.5. The molecule has 18 heavy (non-hydrogen) atoms. The first-order chi connectivity index (χ1) is 8.66. The number of aromatic hydroxyl groups is 1. The molecule has 1 aliphatic heterocycles. The van der Waals surface area contributed by atoms with E-state index in [1.165, 1.54) is 12.1 Å². The third-order valence-corrected chi connectivity index (χ3v) is 2.87. The third kappa shape index (κ3) is 1.54. The second kappa shape index (κ2) is 3.85. The van der Waals surface area contributed by atoms with Crippen LogP contribution < -0.4 is 0 Å². The number of hydrogen-bond donors (Lipinski definition) is 2. The largest absolute Gasteiger partial charge is 0.507 e. The second-order valence-electron chi connectivity index (χ2n) is 3.97. The van der Waals surface area contributed by atoms with Crippen molar-refractivity contribution < 1.29 is 24.3 Å². The maximum atomic E-state index is 10.8. The van der Waals surface area contributed by atoms with Gasteiger partial charge in [0.15, 0.2) is 11.5 Å². The van der Waals surface area contributed by atoms with Gasteiger partial charge in [-0.25, -0.2) is 4.79 Å². The lowest BCUT2D eigenvalue weighted by Gasteiger charge is -2.05. The number of aromatic carboxylic acids is 1. The number of benzene rings is 1. The molecule has 6 heteroatoms. The number of fused-ring (bicyclic) bond motifs is 1. The lowest BCUT2D eigenvalue weighted by atomic mass is 10.0. The molecule has 0 radical (unpaired) electrons. The molecule has 92 valence electrons. The Bertz CT molecular complexity index is 631. The number of aromatic nitrogens is 1. The van der Waals surface area contributed by atoms with Crippen LogP contribution >= 0.6 is 0 Å². The summed E-state index contributed by atoms with van der Waals surface area (Å²) in [4.78, 5) is 10.8. The standard InChI is InChI=1S/C12H9NO5/c14-9-2-1-6-4-17-5-7(6)11(9)10-3-8(12(15)16)13-18-10/h1-3,14H,4-5H2,(H,15,16). The van der Waals surface area contributed by atoms with E-state index in [4.69, 9.17) is 14.4 Å². The molecule has 0 atom stereocenters. The highest BCUT2D eigenvalue weighted by molar-refractivity contribution is 5.87. The maximum Gasteiger partial charge on any atom is 0.358 e. The number of hydrogen-bond acceptors (Lipinski definition) is 5. The number of carboxylic acids is 1. The van der Waals surface area contributed by atoms with Crippen molar-refractivity contribution in [3.05, 3.63) is 35.0 Å². The van der Waals surface area contributed by atoms with Gasteiger partial charge >= 0.3 is 5.97 Å². The van der Waals surface area contributed by atoms with Crippen LogP contribution in [0.4, 0.5) is 0 Å². The van der Waals surface area contributed by atoms with E-state index in [2.05, 4.69) is 5.16 Å². The summed E-state index contributed by atoms with van der Waals surface area (Å²) in [5, 5.41) is 22.1. The molecule has 1 aromatic heterocycles. The summed E-state index contributed by atoms with van der Waals surface area (Å²) in [7, 11) is 0. The van der Waals surface area contributed by atoms with E-state index >= 15 is 0 Å². The van der Waals surface area contributed by atoms with E-state index in [-0.39, 0.29) is 17.2 Å². The van der Waals surface area contributed by atoms with Gasteiger partial charge in [-0.15, -0.1) is 0 Å². The van der Waals surface area contributed by atoms with E-state index in [1.807, 2.05) is 0 Å². The van der Waals surface area contributed by atoms with Gasteiger partial charge in [0.1, 0.15) is 5.75 Å². The van der Waals surface area contributed by atoms with Gasteiger partial charge in [0.2, 0.25) is 0 Å². The summed E-state index contributed by atoms with van der Waals surface area (Å²) in [5.41, 5.74) is 2.02. The Labute approximate surface area is 101 Å². The van der Waals surface area contributed by atoms with E-state index < -0.39 is 5.97 Å². The molecule has 0 unspecified atom stereocenters. The number of phenolic OH excluding ortho intramolecular Hbond substituents is 1. The Balaban J connectivity index is 2.16. The fourth-order valence-electron chi connectivity index (χ4n) is 2.01. The summed E-state index contributed by atoms with van der Waals surface area (Å²) >= 11 is 0. The molecule has 0 aliphatic carbocycles. The maximum absolute atomic E-state index is 10.8. The minimum atomic E-state index is -1.17. The van der Waals surface area contributed by atoms with E-state index in [9.17, 15) is 9.90 Å². The molecule has 2 aromatic rings. The van der Waals surface area contributed by atoms with Crippen molar-refractivity contribution >= 4 is 5.97 Å². The van der Waals surface area contributed by atoms with Crippen LogP contribution in [0.25, 0.3) is 11.3 Å². The number of nitrogens with zero attached hydrogens (tertiary/aromatic N) is 1. The first-order valence-corrected chi connectivity index (χ1v) is 5.28. The van der Waals surface area contributed by atoms with Crippen LogP contribution in [-0.4, -0.2) is 21.3 Å². The quantitative estimate of drug-likeness (QED) is 0.840. The van der Waals surface area contributed by atoms with Crippen molar-refractivity contribution in [2.75, 3.05) is 0 Å². The average molecular weight is 247 g/mol. The zero-order valence-corrected chi connectivity index (χ0v) is 9.21. The van der Waals surface area contributed by atoms with Crippen LogP contribution in [0.15, 0.2) is 22.7 Å². The van der Waals surface area contributed by atoms with Crippen LogP contribution in [0.2, 0.25) is 0 Å². The molecule has 6 nitrogen and oxygen atoms in total. The van der Waals surface area contributed by atoms with E-state index in [0.29, 0.717) is 18.8 Å². The molecule has 2 heterocycles. The van der Waals surface area contributed by atoms with Gasteiger partial charge in [-0.05, 0) is 17.2 Å². The lowest BCUT2D eigenvalue weighted by Crippen LogP contribution is -1.94. The van der Waals surface area contributed by atoms with Gasteiger partial charge < -0.3 is 19.5 Å². The van der Waals surface area contributed by atoms with E-state index in [0.717, 1.165) is 11.1 Å². The molecule has 0 amide bonds. The molecular formula is C12H9NO5. The van der Waals surface area contributed by atoms with Crippen molar-refractivity contribution in [1.29, 1.82) is 0 Å². The molecule has 2 N–H and O–H groups in total. The predicted octanol–water partition coefficient (Wildman–Crippen LogP) is 1.78. The molecule has 0 saturated heterocycles.